The fourth-order valence-electron chi connectivity index (χ4n) is 3.19. The van der Waals surface area contributed by atoms with Crippen LogP contribution in [0.25, 0.3) is 33.0 Å². The zero-order chi connectivity index (χ0) is 19.1. The van der Waals surface area contributed by atoms with Crippen LogP contribution in [0.5, 0.6) is 0 Å². The zero-order valence-corrected chi connectivity index (χ0v) is 15.7. The maximum absolute atomic E-state index is 11.0. The molecule has 0 aliphatic heterocycles. The van der Waals surface area contributed by atoms with Crippen molar-refractivity contribution in [2.45, 2.75) is 12.5 Å². The van der Waals surface area contributed by atoms with E-state index in [1.54, 1.807) is 43.0 Å². The van der Waals surface area contributed by atoms with Gasteiger partial charge in [0.1, 0.15) is 21.9 Å². The Kier molecular flexibility index (Phi) is 3.81. The quantitative estimate of drug-likeness (QED) is 0.435. The number of nitrogens with one attached hydrogen (secondary N) is 2. The van der Waals surface area contributed by atoms with Crippen LogP contribution in [-0.4, -0.2) is 35.0 Å². The molecule has 0 saturated heterocycles. The van der Waals surface area contributed by atoms with E-state index in [-0.39, 0.29) is 0 Å². The van der Waals surface area contributed by atoms with E-state index < -0.39 is 5.60 Å². The van der Waals surface area contributed by atoms with Crippen LogP contribution in [0.2, 0.25) is 0 Å². The largest absolute Gasteiger partial charge is 0.377 e. The average molecular weight is 388 g/mol. The van der Waals surface area contributed by atoms with E-state index >= 15 is 0 Å². The smallest absolute Gasteiger partial charge is 0.156 e. The van der Waals surface area contributed by atoms with Crippen molar-refractivity contribution in [2.24, 2.45) is 0 Å². The number of imidazole rings is 1. The third kappa shape index (κ3) is 2.70. The second-order valence-corrected chi connectivity index (χ2v) is 7.44. The van der Waals surface area contributed by atoms with Gasteiger partial charge in [-0.3, -0.25) is 4.98 Å². The van der Waals surface area contributed by atoms with Crippen molar-refractivity contribution in [2.75, 3.05) is 0 Å². The minimum absolute atomic E-state index is 0.501. The Morgan fingerprint density at radius 3 is 2.82 bits per heavy atom. The molecule has 1 atom stereocenters. The molecular formula is C20H16N6OS. The van der Waals surface area contributed by atoms with E-state index in [1.807, 2.05) is 35.8 Å². The molecule has 0 saturated carbocycles. The first kappa shape index (κ1) is 16.8. The van der Waals surface area contributed by atoms with Gasteiger partial charge in [-0.05, 0) is 18.6 Å². The molecule has 4 aromatic heterocycles. The van der Waals surface area contributed by atoms with Crippen LogP contribution in [0.4, 0.5) is 0 Å². The summed E-state index contributed by atoms with van der Waals surface area (Å²) in [5.41, 5.74) is 3.77. The number of H-pyrrole nitrogens is 2. The molecule has 8 heteroatoms. The SMILES string of the molecule is C[C@@](O)(c1cccc(-c2csc(-c3c[nH]c4nccnc34)n2)c1)c1ncc[nH]1. The normalized spacial score (nSPS) is 13.6. The lowest BCUT2D eigenvalue weighted by atomic mass is 9.93. The van der Waals surface area contributed by atoms with E-state index in [4.69, 9.17) is 4.98 Å². The number of aliphatic hydroxyl groups is 1. The van der Waals surface area contributed by atoms with E-state index in [2.05, 4.69) is 24.9 Å². The Bertz CT molecular complexity index is 1250. The molecule has 5 rings (SSSR count). The molecule has 0 fully saturated rings. The zero-order valence-electron chi connectivity index (χ0n) is 14.9. The highest BCUT2D eigenvalue weighted by atomic mass is 32.1. The molecular weight excluding hydrogens is 372 g/mol. The van der Waals surface area contributed by atoms with Crippen LogP contribution >= 0.6 is 11.3 Å². The van der Waals surface area contributed by atoms with Gasteiger partial charge in [-0.1, -0.05) is 18.2 Å². The molecule has 138 valence electrons. The number of aromatic nitrogens is 6. The molecule has 0 unspecified atom stereocenters. The fraction of sp³-hybridized carbons (Fsp3) is 0.100. The molecule has 0 spiro atoms. The summed E-state index contributed by atoms with van der Waals surface area (Å²) >= 11 is 1.55. The first-order valence-electron chi connectivity index (χ1n) is 8.70. The van der Waals surface area contributed by atoms with Crippen LogP contribution in [0.1, 0.15) is 18.3 Å². The lowest BCUT2D eigenvalue weighted by Gasteiger charge is -2.21. The highest BCUT2D eigenvalue weighted by Gasteiger charge is 2.28. The van der Waals surface area contributed by atoms with E-state index in [0.717, 1.165) is 38.6 Å². The van der Waals surface area contributed by atoms with Gasteiger partial charge in [0.05, 0.1) is 11.3 Å². The van der Waals surface area contributed by atoms with Gasteiger partial charge in [-0.25, -0.2) is 15.0 Å². The third-order valence-corrected chi connectivity index (χ3v) is 5.60. The molecule has 3 N–H and O–H groups in total. The number of hydrogen-bond donors (Lipinski definition) is 3. The van der Waals surface area contributed by atoms with Gasteiger partial charge < -0.3 is 15.1 Å². The Hall–Kier alpha value is -3.36. The Morgan fingerprint density at radius 2 is 1.96 bits per heavy atom. The monoisotopic (exact) mass is 388 g/mol. The Morgan fingerprint density at radius 1 is 1.07 bits per heavy atom. The number of nitrogens with zero attached hydrogens (tertiary/aromatic N) is 4. The summed E-state index contributed by atoms with van der Waals surface area (Å²) in [6.07, 6.45) is 8.54. The molecule has 0 radical (unpaired) electrons. The van der Waals surface area contributed by atoms with Crippen LogP contribution in [0.15, 0.2) is 60.6 Å². The second-order valence-electron chi connectivity index (χ2n) is 6.58. The van der Waals surface area contributed by atoms with E-state index in [9.17, 15) is 5.11 Å². The number of aromatic amines is 2. The molecule has 5 aromatic rings. The maximum Gasteiger partial charge on any atom is 0.156 e. The molecule has 0 bridgehead atoms. The molecule has 0 aliphatic carbocycles. The minimum Gasteiger partial charge on any atom is -0.377 e. The Labute approximate surface area is 164 Å². The summed E-state index contributed by atoms with van der Waals surface area (Å²) in [6, 6.07) is 7.72. The maximum atomic E-state index is 11.0. The van der Waals surface area contributed by atoms with E-state index in [1.165, 1.54) is 0 Å². The van der Waals surface area contributed by atoms with E-state index in [0.29, 0.717) is 5.82 Å². The van der Waals surface area contributed by atoms with Crippen LogP contribution in [0.3, 0.4) is 0 Å². The molecule has 28 heavy (non-hydrogen) atoms. The predicted molar refractivity (Wildman–Crippen MR) is 108 cm³/mol. The number of rotatable bonds is 4. The summed E-state index contributed by atoms with van der Waals surface area (Å²) < 4.78 is 0. The number of benzene rings is 1. The number of hydrogen-bond acceptors (Lipinski definition) is 6. The Balaban J connectivity index is 1.53. The van der Waals surface area contributed by atoms with Crippen LogP contribution < -0.4 is 0 Å². The highest BCUT2D eigenvalue weighted by molar-refractivity contribution is 7.13. The summed E-state index contributed by atoms with van der Waals surface area (Å²) in [5, 5.41) is 13.8. The van der Waals surface area contributed by atoms with Crippen molar-refractivity contribution in [3.05, 3.63) is 72.0 Å². The molecule has 0 aliphatic rings. The summed E-state index contributed by atoms with van der Waals surface area (Å²) in [6.45, 7) is 1.72. The lowest BCUT2D eigenvalue weighted by molar-refractivity contribution is 0.0932. The first-order chi connectivity index (χ1) is 13.6. The standard InChI is InChI=1S/C20H16N6OS/c1-20(27,19-23-7-8-24-19)13-4-2-3-12(9-13)15-11-28-18(26-15)14-10-25-17-16(14)21-5-6-22-17/h2-11,27H,1H3,(H,22,25)(H,23,24)/t20-/m1/s1. The predicted octanol–water partition coefficient (Wildman–Crippen LogP) is 3.73. The van der Waals surface area contributed by atoms with Crippen molar-refractivity contribution >= 4 is 22.5 Å². The van der Waals surface area contributed by atoms with Crippen LogP contribution in [-0.2, 0) is 5.60 Å². The third-order valence-electron chi connectivity index (χ3n) is 4.72. The molecule has 4 heterocycles. The first-order valence-corrected chi connectivity index (χ1v) is 9.58. The van der Waals surface area contributed by atoms with Gasteiger partial charge in [0, 0.05) is 41.9 Å². The van der Waals surface area contributed by atoms with Crippen molar-refractivity contribution in [1.82, 2.24) is 29.9 Å². The summed E-state index contributed by atoms with van der Waals surface area (Å²) in [5.74, 6) is 0.501. The molecule has 0 amide bonds. The van der Waals surface area contributed by atoms with Crippen molar-refractivity contribution < 1.29 is 5.11 Å². The summed E-state index contributed by atoms with van der Waals surface area (Å²) in [7, 11) is 0. The number of thiazole rings is 1. The number of fused-ring (bicyclic) bond motifs is 1. The van der Waals surface area contributed by atoms with Gasteiger partial charge in [0.2, 0.25) is 0 Å². The van der Waals surface area contributed by atoms with Gasteiger partial charge in [-0.2, -0.15) is 0 Å². The minimum atomic E-state index is -1.22. The molecule has 1 aromatic carbocycles. The fourth-order valence-corrected chi connectivity index (χ4v) is 4.04. The van der Waals surface area contributed by atoms with Gasteiger partial charge in [0.25, 0.3) is 0 Å². The van der Waals surface area contributed by atoms with Gasteiger partial charge in [0.15, 0.2) is 5.65 Å². The second kappa shape index (κ2) is 6.36. The van der Waals surface area contributed by atoms with Crippen molar-refractivity contribution in [3.8, 4) is 21.8 Å². The van der Waals surface area contributed by atoms with Crippen molar-refractivity contribution in [3.63, 3.8) is 0 Å². The van der Waals surface area contributed by atoms with Crippen molar-refractivity contribution in [1.29, 1.82) is 0 Å². The van der Waals surface area contributed by atoms with Gasteiger partial charge in [-0.15, -0.1) is 11.3 Å². The average Bonchev–Trinajstić information content (AvgIpc) is 3.48. The molecule has 7 nitrogen and oxygen atoms in total. The summed E-state index contributed by atoms with van der Waals surface area (Å²) in [4.78, 5) is 23.8. The van der Waals surface area contributed by atoms with Gasteiger partial charge >= 0.3 is 0 Å². The topological polar surface area (TPSA) is 103 Å². The lowest BCUT2D eigenvalue weighted by Crippen LogP contribution is -2.24. The van der Waals surface area contributed by atoms with Crippen LogP contribution in [0, 0.1) is 0 Å². The highest BCUT2D eigenvalue weighted by Crippen LogP contribution is 2.34.